The predicted octanol–water partition coefficient (Wildman–Crippen LogP) is 1.27. The third-order valence-corrected chi connectivity index (χ3v) is 2.58. The lowest BCUT2D eigenvalue weighted by Gasteiger charge is -1.93. The van der Waals surface area contributed by atoms with E-state index in [2.05, 4.69) is 25.0 Å². The van der Waals surface area contributed by atoms with Crippen molar-refractivity contribution in [3.63, 3.8) is 0 Å². The molecule has 0 atom stereocenters. The number of hydrogen-bond donors (Lipinski definition) is 1. The average molecular weight is 237 g/mol. The summed E-state index contributed by atoms with van der Waals surface area (Å²) < 4.78 is 8.87. The summed E-state index contributed by atoms with van der Waals surface area (Å²) in [4.78, 5) is 10.9. The molecule has 0 aliphatic rings. The number of halogens is 1. The summed E-state index contributed by atoms with van der Waals surface area (Å²) >= 11 is 4.25. The van der Waals surface area contributed by atoms with Gasteiger partial charge in [-0.3, -0.25) is 0 Å². The second-order valence-corrected chi connectivity index (χ2v) is 3.80. The summed E-state index contributed by atoms with van der Waals surface area (Å²) in [6, 6.07) is 0. The molecule has 2 N–H and O–H groups in total. The standard InChI is InChI=1S/C5H5BrN2O2S/c1-10-5(9)3-2(7)4(6)11-8-3/h7H2,1H3. The number of anilines is 1. The van der Waals surface area contributed by atoms with Gasteiger partial charge in [-0.25, -0.2) is 4.79 Å². The van der Waals surface area contributed by atoms with Crippen molar-refractivity contribution in [2.24, 2.45) is 0 Å². The number of ether oxygens (including phenoxy) is 1. The zero-order chi connectivity index (χ0) is 8.43. The lowest BCUT2D eigenvalue weighted by atomic mass is 10.4. The molecule has 0 aliphatic heterocycles. The van der Waals surface area contributed by atoms with Crippen molar-refractivity contribution in [2.75, 3.05) is 12.8 Å². The van der Waals surface area contributed by atoms with Crippen molar-refractivity contribution in [3.05, 3.63) is 9.48 Å². The molecule has 1 aromatic rings. The fourth-order valence-corrected chi connectivity index (χ4v) is 1.47. The van der Waals surface area contributed by atoms with E-state index in [1.165, 1.54) is 7.11 Å². The number of esters is 1. The van der Waals surface area contributed by atoms with Gasteiger partial charge in [0, 0.05) is 0 Å². The van der Waals surface area contributed by atoms with E-state index in [4.69, 9.17) is 5.73 Å². The van der Waals surface area contributed by atoms with Crippen molar-refractivity contribution >= 4 is 39.1 Å². The molecule has 1 rings (SSSR count). The number of carbonyl (C=O) groups is 1. The SMILES string of the molecule is COC(=O)c1nsc(Br)c1N. The third kappa shape index (κ3) is 1.51. The minimum atomic E-state index is -0.510. The Morgan fingerprint density at radius 1 is 1.82 bits per heavy atom. The minimum Gasteiger partial charge on any atom is -0.464 e. The summed E-state index contributed by atoms with van der Waals surface area (Å²) in [6.45, 7) is 0. The quantitative estimate of drug-likeness (QED) is 0.747. The maximum Gasteiger partial charge on any atom is 0.359 e. The molecule has 0 amide bonds. The van der Waals surface area contributed by atoms with Crippen molar-refractivity contribution in [3.8, 4) is 0 Å². The first-order valence-electron chi connectivity index (χ1n) is 2.65. The first kappa shape index (κ1) is 8.48. The van der Waals surface area contributed by atoms with Crippen LogP contribution in [0.2, 0.25) is 0 Å². The first-order chi connectivity index (χ1) is 5.16. The highest BCUT2D eigenvalue weighted by Gasteiger charge is 2.15. The zero-order valence-electron chi connectivity index (χ0n) is 5.63. The highest BCUT2D eigenvalue weighted by molar-refractivity contribution is 9.11. The van der Waals surface area contributed by atoms with Crippen LogP contribution in [0.15, 0.2) is 3.79 Å². The van der Waals surface area contributed by atoms with Gasteiger partial charge in [-0.1, -0.05) is 0 Å². The largest absolute Gasteiger partial charge is 0.464 e. The molecule has 11 heavy (non-hydrogen) atoms. The van der Waals surface area contributed by atoms with Gasteiger partial charge in [-0.05, 0) is 27.5 Å². The van der Waals surface area contributed by atoms with Crippen LogP contribution in [0.5, 0.6) is 0 Å². The number of aromatic nitrogens is 1. The van der Waals surface area contributed by atoms with Crippen LogP contribution in [0.1, 0.15) is 10.5 Å². The minimum absolute atomic E-state index is 0.171. The third-order valence-electron chi connectivity index (χ3n) is 1.06. The van der Waals surface area contributed by atoms with Gasteiger partial charge in [0.2, 0.25) is 0 Å². The maximum atomic E-state index is 10.9. The molecule has 4 nitrogen and oxygen atoms in total. The first-order valence-corrected chi connectivity index (χ1v) is 4.22. The average Bonchev–Trinajstić information content (AvgIpc) is 2.32. The van der Waals surface area contributed by atoms with E-state index in [9.17, 15) is 4.79 Å². The molecular formula is C5H5BrN2O2S. The molecule has 0 radical (unpaired) electrons. The molecular weight excluding hydrogens is 232 g/mol. The Hall–Kier alpha value is -0.620. The van der Waals surface area contributed by atoms with Gasteiger partial charge in [0.15, 0.2) is 5.69 Å². The lowest BCUT2D eigenvalue weighted by Crippen LogP contribution is -2.04. The smallest absolute Gasteiger partial charge is 0.359 e. The molecule has 0 bridgehead atoms. The highest BCUT2D eigenvalue weighted by Crippen LogP contribution is 2.27. The van der Waals surface area contributed by atoms with Gasteiger partial charge in [0.1, 0.15) is 3.79 Å². The van der Waals surface area contributed by atoms with Crippen LogP contribution in [0.3, 0.4) is 0 Å². The molecule has 1 aromatic heterocycles. The molecule has 1 heterocycles. The van der Waals surface area contributed by atoms with Crippen molar-refractivity contribution < 1.29 is 9.53 Å². The van der Waals surface area contributed by atoms with E-state index in [1.54, 1.807) is 0 Å². The van der Waals surface area contributed by atoms with Crippen molar-refractivity contribution in [2.45, 2.75) is 0 Å². The fraction of sp³-hybridized carbons (Fsp3) is 0.200. The molecule has 0 unspecified atom stereocenters. The molecule has 0 fully saturated rings. The highest BCUT2D eigenvalue weighted by atomic mass is 79.9. The summed E-state index contributed by atoms with van der Waals surface area (Å²) in [5, 5.41) is 0. The van der Waals surface area contributed by atoms with Gasteiger partial charge < -0.3 is 10.5 Å². The second kappa shape index (κ2) is 3.19. The van der Waals surface area contributed by atoms with Crippen LogP contribution < -0.4 is 5.73 Å². The van der Waals surface area contributed by atoms with Crippen LogP contribution in [0.25, 0.3) is 0 Å². The zero-order valence-corrected chi connectivity index (χ0v) is 8.03. The molecule has 0 aromatic carbocycles. The van der Waals surface area contributed by atoms with E-state index < -0.39 is 5.97 Å². The Kier molecular flexibility index (Phi) is 2.45. The molecule has 0 saturated heterocycles. The van der Waals surface area contributed by atoms with Crippen LogP contribution in [0, 0.1) is 0 Å². The van der Waals surface area contributed by atoms with Crippen LogP contribution in [0.4, 0.5) is 5.69 Å². The van der Waals surface area contributed by atoms with Gasteiger partial charge >= 0.3 is 5.97 Å². The van der Waals surface area contributed by atoms with E-state index >= 15 is 0 Å². The second-order valence-electron chi connectivity index (χ2n) is 1.71. The molecule has 0 saturated carbocycles. The normalized spacial score (nSPS) is 9.64. The van der Waals surface area contributed by atoms with Gasteiger partial charge in [-0.15, -0.1) is 0 Å². The number of nitrogens with zero attached hydrogens (tertiary/aromatic N) is 1. The Bertz CT molecular complexity index is 286. The fourth-order valence-electron chi connectivity index (χ4n) is 0.521. The van der Waals surface area contributed by atoms with Crippen LogP contribution in [-0.4, -0.2) is 17.5 Å². The number of methoxy groups -OCH3 is 1. The Labute approximate surface area is 75.6 Å². The van der Waals surface area contributed by atoms with E-state index in [1.807, 2.05) is 0 Å². The summed E-state index contributed by atoms with van der Waals surface area (Å²) in [7, 11) is 1.29. The number of carbonyl (C=O) groups excluding carboxylic acids is 1. The summed E-state index contributed by atoms with van der Waals surface area (Å²) in [5.41, 5.74) is 5.99. The number of rotatable bonds is 1. The van der Waals surface area contributed by atoms with Crippen LogP contribution in [-0.2, 0) is 4.74 Å². The number of nitrogen functional groups attached to an aromatic ring is 1. The molecule has 0 aliphatic carbocycles. The Morgan fingerprint density at radius 2 is 2.45 bits per heavy atom. The Balaban J connectivity index is 3.04. The van der Waals surface area contributed by atoms with Gasteiger partial charge in [0.05, 0.1) is 12.8 Å². The number of nitrogens with two attached hydrogens (primary N) is 1. The Morgan fingerprint density at radius 3 is 2.82 bits per heavy atom. The topological polar surface area (TPSA) is 65.2 Å². The predicted molar refractivity (Wildman–Crippen MR) is 45.6 cm³/mol. The number of hydrogen-bond acceptors (Lipinski definition) is 5. The van der Waals surface area contributed by atoms with Gasteiger partial charge in [0.25, 0.3) is 0 Å². The lowest BCUT2D eigenvalue weighted by molar-refractivity contribution is 0.0596. The molecule has 0 spiro atoms. The molecule has 60 valence electrons. The van der Waals surface area contributed by atoms with Crippen LogP contribution >= 0.6 is 27.5 Å². The van der Waals surface area contributed by atoms with Crippen molar-refractivity contribution in [1.29, 1.82) is 0 Å². The monoisotopic (exact) mass is 236 g/mol. The summed E-state index contributed by atoms with van der Waals surface area (Å²) in [5.74, 6) is -0.510. The van der Waals surface area contributed by atoms with E-state index in [0.29, 0.717) is 9.47 Å². The summed E-state index contributed by atoms with van der Waals surface area (Å²) in [6.07, 6.45) is 0. The van der Waals surface area contributed by atoms with E-state index in [0.717, 1.165) is 11.5 Å². The molecule has 6 heteroatoms. The van der Waals surface area contributed by atoms with E-state index in [-0.39, 0.29) is 5.69 Å². The van der Waals surface area contributed by atoms with Gasteiger partial charge in [-0.2, -0.15) is 4.37 Å². The maximum absolute atomic E-state index is 10.9. The van der Waals surface area contributed by atoms with Crippen molar-refractivity contribution in [1.82, 2.24) is 4.37 Å².